The minimum atomic E-state index is -4.38. The number of benzene rings is 2. The van der Waals surface area contributed by atoms with Crippen LogP contribution in [0.5, 0.6) is 5.75 Å². The summed E-state index contributed by atoms with van der Waals surface area (Å²) in [5.74, 6) is -2.12. The molecule has 0 amide bonds. The van der Waals surface area contributed by atoms with Crippen LogP contribution in [-0.2, 0) is 6.18 Å². The number of aromatic carboxylic acids is 1. The molecule has 1 aliphatic heterocycles. The third kappa shape index (κ3) is 4.40. The van der Waals surface area contributed by atoms with Crippen molar-refractivity contribution >= 4 is 27.6 Å². The topological polar surface area (TPSA) is 49.8 Å². The maximum atomic E-state index is 13.9. The second-order valence-electron chi connectivity index (χ2n) is 6.41. The third-order valence-corrected chi connectivity index (χ3v) is 5.21. The number of rotatable bonds is 5. The minimum absolute atomic E-state index is 0.0918. The molecule has 0 aliphatic carbocycles. The molecule has 2 aromatic carbocycles. The highest BCUT2D eigenvalue weighted by atomic mass is 79.9. The number of carboxylic acids is 1. The molecule has 150 valence electrons. The van der Waals surface area contributed by atoms with E-state index in [2.05, 4.69) is 15.9 Å². The number of carbonyl (C=O) groups is 1. The minimum Gasteiger partial charge on any atom is -0.490 e. The summed E-state index contributed by atoms with van der Waals surface area (Å²) >= 11 is 3.17. The maximum absolute atomic E-state index is 13.9. The zero-order valence-corrected chi connectivity index (χ0v) is 16.1. The molecule has 9 heteroatoms. The van der Waals surface area contributed by atoms with E-state index in [-0.39, 0.29) is 18.4 Å². The predicted molar refractivity (Wildman–Crippen MR) is 98.4 cm³/mol. The summed E-state index contributed by atoms with van der Waals surface area (Å²) in [7, 11) is 0. The fraction of sp³-hybridized carbons (Fsp3) is 0.316. The molecule has 0 spiro atoms. The van der Waals surface area contributed by atoms with Crippen LogP contribution in [-0.4, -0.2) is 30.3 Å². The Bertz CT molecular complexity index is 871. The van der Waals surface area contributed by atoms with Crippen LogP contribution >= 0.6 is 15.9 Å². The van der Waals surface area contributed by atoms with Gasteiger partial charge >= 0.3 is 12.1 Å². The molecule has 0 saturated carbocycles. The van der Waals surface area contributed by atoms with Crippen LogP contribution in [0, 0.1) is 5.82 Å². The van der Waals surface area contributed by atoms with E-state index >= 15 is 0 Å². The summed E-state index contributed by atoms with van der Waals surface area (Å²) in [5.41, 5.74) is -0.516. The average molecular weight is 462 g/mol. The second kappa shape index (κ2) is 7.98. The lowest BCUT2D eigenvalue weighted by Gasteiger charge is -2.27. The van der Waals surface area contributed by atoms with Crippen molar-refractivity contribution in [3.8, 4) is 5.75 Å². The van der Waals surface area contributed by atoms with Crippen molar-refractivity contribution in [2.24, 2.45) is 0 Å². The number of hydrogen-bond acceptors (Lipinski definition) is 3. The molecule has 4 nitrogen and oxygen atoms in total. The summed E-state index contributed by atoms with van der Waals surface area (Å²) in [5, 5.41) is 8.94. The Balaban J connectivity index is 1.71. The van der Waals surface area contributed by atoms with Gasteiger partial charge in [0, 0.05) is 18.3 Å². The van der Waals surface area contributed by atoms with Crippen molar-refractivity contribution in [2.75, 3.05) is 18.1 Å². The highest BCUT2D eigenvalue weighted by Gasteiger charge is 2.31. The SMILES string of the molecule is O=C(O)c1cc(Br)c(OC[C@H]2CCCN2c2ccc(C(F)(F)F)cc2)cc1F. The van der Waals surface area contributed by atoms with Gasteiger partial charge in [-0.2, -0.15) is 13.2 Å². The van der Waals surface area contributed by atoms with Gasteiger partial charge in [-0.3, -0.25) is 0 Å². The largest absolute Gasteiger partial charge is 0.490 e. The monoisotopic (exact) mass is 461 g/mol. The molecule has 3 rings (SSSR count). The van der Waals surface area contributed by atoms with E-state index in [0.717, 1.165) is 37.1 Å². The van der Waals surface area contributed by atoms with Gasteiger partial charge in [-0.05, 0) is 59.1 Å². The second-order valence-corrected chi connectivity index (χ2v) is 7.27. The van der Waals surface area contributed by atoms with Crippen LogP contribution in [0.3, 0.4) is 0 Å². The van der Waals surface area contributed by atoms with E-state index in [1.54, 1.807) is 0 Å². The lowest BCUT2D eigenvalue weighted by atomic mass is 10.1. The fourth-order valence-electron chi connectivity index (χ4n) is 3.18. The van der Waals surface area contributed by atoms with Gasteiger partial charge in [0.1, 0.15) is 18.2 Å². The summed E-state index contributed by atoms with van der Waals surface area (Å²) in [6.45, 7) is 0.859. The molecule has 28 heavy (non-hydrogen) atoms. The van der Waals surface area contributed by atoms with Crippen molar-refractivity contribution in [2.45, 2.75) is 25.1 Å². The van der Waals surface area contributed by atoms with Gasteiger partial charge in [-0.25, -0.2) is 9.18 Å². The molecular formula is C19H16BrF4NO3. The molecule has 0 aromatic heterocycles. The Morgan fingerprint density at radius 1 is 1.25 bits per heavy atom. The van der Waals surface area contributed by atoms with E-state index < -0.39 is 29.1 Å². The van der Waals surface area contributed by atoms with Crippen LogP contribution in [0.1, 0.15) is 28.8 Å². The molecule has 1 fully saturated rings. The molecule has 1 heterocycles. The van der Waals surface area contributed by atoms with Crippen molar-refractivity contribution in [3.05, 3.63) is 57.8 Å². The zero-order valence-electron chi connectivity index (χ0n) is 14.5. The molecule has 1 N–H and O–H groups in total. The number of ether oxygens (including phenoxy) is 1. The molecule has 0 bridgehead atoms. The summed E-state index contributed by atoms with van der Waals surface area (Å²) in [6.07, 6.45) is -2.76. The molecule has 2 aromatic rings. The molecular weight excluding hydrogens is 446 g/mol. The lowest BCUT2D eigenvalue weighted by Crippen LogP contribution is -2.34. The Hall–Kier alpha value is -2.29. The molecule has 1 aliphatic rings. The van der Waals surface area contributed by atoms with E-state index in [4.69, 9.17) is 9.84 Å². The maximum Gasteiger partial charge on any atom is 0.416 e. The number of halogens is 5. The van der Waals surface area contributed by atoms with Crippen molar-refractivity contribution < 1.29 is 32.2 Å². The summed E-state index contributed by atoms with van der Waals surface area (Å²) < 4.78 is 58.0. The van der Waals surface area contributed by atoms with Crippen molar-refractivity contribution in [3.63, 3.8) is 0 Å². The van der Waals surface area contributed by atoms with Crippen LogP contribution in [0.15, 0.2) is 40.9 Å². The zero-order chi connectivity index (χ0) is 20.5. The van der Waals surface area contributed by atoms with Gasteiger partial charge in [0.2, 0.25) is 0 Å². The highest BCUT2D eigenvalue weighted by Crippen LogP contribution is 2.33. The first-order valence-electron chi connectivity index (χ1n) is 8.46. The molecule has 0 radical (unpaired) electrons. The lowest BCUT2D eigenvalue weighted by molar-refractivity contribution is -0.137. The van der Waals surface area contributed by atoms with Crippen LogP contribution in [0.2, 0.25) is 0 Å². The Morgan fingerprint density at radius 2 is 1.93 bits per heavy atom. The number of alkyl halides is 3. The first-order chi connectivity index (χ1) is 13.2. The quantitative estimate of drug-likeness (QED) is 0.609. The van der Waals surface area contributed by atoms with Gasteiger partial charge in [-0.15, -0.1) is 0 Å². The summed E-state index contributed by atoms with van der Waals surface area (Å²) in [6, 6.07) is 6.99. The van der Waals surface area contributed by atoms with Crippen molar-refractivity contribution in [1.82, 2.24) is 0 Å². The van der Waals surface area contributed by atoms with Gasteiger partial charge in [0.15, 0.2) is 0 Å². The van der Waals surface area contributed by atoms with Gasteiger partial charge in [0.05, 0.1) is 21.6 Å². The van der Waals surface area contributed by atoms with Crippen molar-refractivity contribution in [1.29, 1.82) is 0 Å². The van der Waals surface area contributed by atoms with Crippen LogP contribution < -0.4 is 9.64 Å². The first-order valence-corrected chi connectivity index (χ1v) is 9.25. The number of anilines is 1. The standard InChI is InChI=1S/C19H16BrF4NO3/c20-15-8-14(18(26)27)16(21)9-17(15)28-10-13-2-1-7-25(13)12-5-3-11(4-6-12)19(22,23)24/h3-6,8-9,13H,1-2,7,10H2,(H,26,27)/t13-/m1/s1. The predicted octanol–water partition coefficient (Wildman–Crippen LogP) is 5.35. The van der Waals surface area contributed by atoms with Crippen LogP contribution in [0.25, 0.3) is 0 Å². The highest BCUT2D eigenvalue weighted by molar-refractivity contribution is 9.10. The Kier molecular flexibility index (Phi) is 5.83. The van der Waals surface area contributed by atoms with Gasteiger partial charge < -0.3 is 14.7 Å². The van der Waals surface area contributed by atoms with E-state index in [1.165, 1.54) is 12.1 Å². The van der Waals surface area contributed by atoms with E-state index in [9.17, 15) is 22.4 Å². The average Bonchev–Trinajstić information content (AvgIpc) is 3.09. The van der Waals surface area contributed by atoms with Crippen LogP contribution in [0.4, 0.5) is 23.2 Å². The fourth-order valence-corrected chi connectivity index (χ4v) is 3.64. The number of hydrogen-bond donors (Lipinski definition) is 1. The van der Waals surface area contributed by atoms with Gasteiger partial charge in [0.25, 0.3) is 0 Å². The van der Waals surface area contributed by atoms with Gasteiger partial charge in [-0.1, -0.05) is 0 Å². The Labute approximate surface area is 166 Å². The van der Waals surface area contributed by atoms with E-state index in [1.807, 2.05) is 4.90 Å². The summed E-state index contributed by atoms with van der Waals surface area (Å²) in [4.78, 5) is 12.9. The molecule has 1 saturated heterocycles. The third-order valence-electron chi connectivity index (χ3n) is 4.59. The molecule has 1 atom stereocenters. The Morgan fingerprint density at radius 3 is 2.54 bits per heavy atom. The normalized spacial score (nSPS) is 17.0. The molecule has 0 unspecified atom stereocenters. The van der Waals surface area contributed by atoms with E-state index in [0.29, 0.717) is 16.7 Å². The smallest absolute Gasteiger partial charge is 0.416 e. The number of carboxylic acid groups (broad SMARTS) is 1. The first kappa shape index (κ1) is 20.4. The number of nitrogens with zero attached hydrogens (tertiary/aromatic N) is 1.